The van der Waals surface area contributed by atoms with Gasteiger partial charge in [-0.05, 0) is 37.5 Å². The van der Waals surface area contributed by atoms with Crippen LogP contribution in [0.3, 0.4) is 0 Å². The van der Waals surface area contributed by atoms with Crippen LogP contribution in [0.5, 0.6) is 0 Å². The van der Waals surface area contributed by atoms with Gasteiger partial charge in [0.15, 0.2) is 0 Å². The fourth-order valence-electron chi connectivity index (χ4n) is 4.07. The molecule has 0 radical (unpaired) electrons. The number of carbonyl (C=O) groups is 2. The Hall–Kier alpha value is -2.45. The van der Waals surface area contributed by atoms with E-state index in [1.54, 1.807) is 24.3 Å². The lowest BCUT2D eigenvalue weighted by Crippen LogP contribution is -2.39. The van der Waals surface area contributed by atoms with Crippen molar-refractivity contribution in [2.24, 2.45) is 0 Å². The fraction of sp³-hybridized carbons (Fsp3) is 0.524. The van der Waals surface area contributed by atoms with E-state index in [2.05, 4.69) is 25.4 Å². The number of carbonyl (C=O) groups excluding carboxylic acids is 2. The molecule has 162 valence electrons. The summed E-state index contributed by atoms with van der Waals surface area (Å²) >= 11 is 0. The lowest BCUT2D eigenvalue weighted by Gasteiger charge is -2.32. The summed E-state index contributed by atoms with van der Waals surface area (Å²) < 4.78 is 2.23. The zero-order valence-corrected chi connectivity index (χ0v) is 18.1. The lowest BCUT2D eigenvalue weighted by molar-refractivity contribution is 0.0710. The molecule has 2 N–H and O–H groups in total. The first-order valence-electron chi connectivity index (χ1n) is 10.5. The summed E-state index contributed by atoms with van der Waals surface area (Å²) in [6.07, 6.45) is 2.65. The normalized spacial score (nSPS) is 16.5. The minimum atomic E-state index is -0.133. The highest BCUT2D eigenvalue weighted by atomic mass is 35.5. The molecule has 2 aliphatic heterocycles. The number of fused-ring (bicyclic) bond motifs is 1. The number of benzene rings is 1. The molecule has 9 heteroatoms. The minimum absolute atomic E-state index is 0. The van der Waals surface area contributed by atoms with Crippen LogP contribution in [0.15, 0.2) is 24.3 Å². The highest BCUT2D eigenvalue weighted by Gasteiger charge is 2.29. The highest BCUT2D eigenvalue weighted by molar-refractivity contribution is 5.99. The van der Waals surface area contributed by atoms with Crippen LogP contribution in [0.4, 0.5) is 0 Å². The molecular weight excluding hydrogens is 404 g/mol. The number of amides is 2. The van der Waals surface area contributed by atoms with Crippen LogP contribution in [0, 0.1) is 0 Å². The second-order valence-electron chi connectivity index (χ2n) is 7.71. The van der Waals surface area contributed by atoms with Gasteiger partial charge in [-0.2, -0.15) is 0 Å². The van der Waals surface area contributed by atoms with Gasteiger partial charge in [-0.1, -0.05) is 13.0 Å². The van der Waals surface area contributed by atoms with E-state index in [0.717, 1.165) is 50.5 Å². The first kappa shape index (κ1) is 22.2. The van der Waals surface area contributed by atoms with Crippen molar-refractivity contribution in [3.05, 3.63) is 47.0 Å². The van der Waals surface area contributed by atoms with Gasteiger partial charge in [-0.25, -0.2) is 0 Å². The maximum absolute atomic E-state index is 13.0. The molecule has 0 bridgehead atoms. The van der Waals surface area contributed by atoms with Gasteiger partial charge in [-0.15, -0.1) is 22.6 Å². The van der Waals surface area contributed by atoms with Crippen LogP contribution in [-0.4, -0.2) is 57.7 Å². The van der Waals surface area contributed by atoms with Gasteiger partial charge in [-0.3, -0.25) is 9.59 Å². The quantitative estimate of drug-likeness (QED) is 0.753. The second-order valence-corrected chi connectivity index (χ2v) is 7.71. The molecule has 2 amide bonds. The van der Waals surface area contributed by atoms with E-state index in [1.807, 2.05) is 11.8 Å². The summed E-state index contributed by atoms with van der Waals surface area (Å²) in [6, 6.07) is 7.00. The highest BCUT2D eigenvalue weighted by Crippen LogP contribution is 2.28. The van der Waals surface area contributed by atoms with Gasteiger partial charge in [0.1, 0.15) is 11.6 Å². The molecule has 2 aliphatic rings. The Bertz CT molecular complexity index is 891. The first-order chi connectivity index (χ1) is 14.2. The Morgan fingerprint density at radius 2 is 1.93 bits per heavy atom. The number of hydrogen-bond donors (Lipinski definition) is 2. The molecule has 0 saturated carbocycles. The first-order valence-corrected chi connectivity index (χ1v) is 10.5. The SMILES string of the molecule is CCCNC(=O)c1cccc(C(=O)N2CCC(c3nnc4n3CCNC4)CC2)c1.Cl. The molecule has 3 heterocycles. The zero-order chi connectivity index (χ0) is 20.2. The average molecular weight is 433 g/mol. The molecule has 0 unspecified atom stereocenters. The summed E-state index contributed by atoms with van der Waals surface area (Å²) in [6.45, 7) is 6.64. The molecule has 1 aromatic heterocycles. The van der Waals surface area contributed by atoms with E-state index < -0.39 is 0 Å². The smallest absolute Gasteiger partial charge is 0.253 e. The van der Waals surface area contributed by atoms with Crippen molar-refractivity contribution >= 4 is 24.2 Å². The van der Waals surface area contributed by atoms with Crippen LogP contribution in [-0.2, 0) is 13.1 Å². The number of rotatable bonds is 5. The fourth-order valence-corrected chi connectivity index (χ4v) is 4.07. The topological polar surface area (TPSA) is 92.2 Å². The number of likely N-dealkylation sites (tertiary alicyclic amines) is 1. The molecule has 0 spiro atoms. The molecular formula is C21H29ClN6O2. The molecule has 1 fully saturated rings. The van der Waals surface area contributed by atoms with E-state index in [9.17, 15) is 9.59 Å². The molecule has 1 saturated heterocycles. The monoisotopic (exact) mass is 432 g/mol. The van der Waals surface area contributed by atoms with Gasteiger partial charge in [0, 0.05) is 49.8 Å². The molecule has 4 rings (SSSR count). The Balaban J connectivity index is 0.00000256. The largest absolute Gasteiger partial charge is 0.352 e. The molecule has 2 aromatic rings. The molecule has 0 aliphatic carbocycles. The summed E-state index contributed by atoms with van der Waals surface area (Å²) in [5.74, 6) is 2.25. The van der Waals surface area contributed by atoms with Crippen molar-refractivity contribution in [3.63, 3.8) is 0 Å². The third kappa shape index (κ3) is 4.65. The molecule has 1 aromatic carbocycles. The maximum Gasteiger partial charge on any atom is 0.253 e. The third-order valence-corrected chi connectivity index (χ3v) is 5.71. The third-order valence-electron chi connectivity index (χ3n) is 5.71. The van der Waals surface area contributed by atoms with Crippen LogP contribution in [0.2, 0.25) is 0 Å². The zero-order valence-electron chi connectivity index (χ0n) is 17.3. The Labute approximate surface area is 182 Å². The standard InChI is InChI=1S/C21H28N6O2.ClH/c1-2-8-23-20(28)16-4-3-5-17(13-16)21(29)26-10-6-15(7-11-26)19-25-24-18-14-22-9-12-27(18)19;/h3-5,13,15,22H,2,6-12,14H2,1H3,(H,23,28);1H. The van der Waals surface area contributed by atoms with Gasteiger partial charge in [0.05, 0.1) is 6.54 Å². The number of halogens is 1. The summed E-state index contributed by atoms with van der Waals surface area (Å²) in [5.41, 5.74) is 1.10. The number of piperidine rings is 1. The Kier molecular flexibility index (Phi) is 7.44. The van der Waals surface area contributed by atoms with Gasteiger partial charge < -0.3 is 20.1 Å². The van der Waals surface area contributed by atoms with E-state index in [0.29, 0.717) is 36.7 Å². The Morgan fingerprint density at radius 3 is 2.70 bits per heavy atom. The van der Waals surface area contributed by atoms with Crippen molar-refractivity contribution in [1.82, 2.24) is 30.3 Å². The minimum Gasteiger partial charge on any atom is -0.352 e. The molecule has 30 heavy (non-hydrogen) atoms. The van der Waals surface area contributed by atoms with Gasteiger partial charge >= 0.3 is 0 Å². The number of aromatic nitrogens is 3. The van der Waals surface area contributed by atoms with Crippen LogP contribution in [0.25, 0.3) is 0 Å². The van der Waals surface area contributed by atoms with Gasteiger partial charge in [0.25, 0.3) is 11.8 Å². The van der Waals surface area contributed by atoms with Crippen molar-refractivity contribution in [2.45, 2.75) is 45.2 Å². The van der Waals surface area contributed by atoms with Crippen molar-refractivity contribution in [3.8, 4) is 0 Å². The summed E-state index contributed by atoms with van der Waals surface area (Å²) in [5, 5.41) is 14.9. The summed E-state index contributed by atoms with van der Waals surface area (Å²) in [7, 11) is 0. The number of nitrogens with one attached hydrogen (secondary N) is 2. The lowest BCUT2D eigenvalue weighted by atomic mass is 9.95. The predicted octanol–water partition coefficient (Wildman–Crippen LogP) is 1.96. The molecule has 8 nitrogen and oxygen atoms in total. The number of nitrogens with zero attached hydrogens (tertiary/aromatic N) is 4. The van der Waals surface area contributed by atoms with Crippen LogP contribution in [0.1, 0.15) is 64.5 Å². The number of hydrogen-bond acceptors (Lipinski definition) is 5. The molecule has 0 atom stereocenters. The second kappa shape index (κ2) is 10.0. The summed E-state index contributed by atoms with van der Waals surface area (Å²) in [4.78, 5) is 27.0. The van der Waals surface area contributed by atoms with Crippen molar-refractivity contribution < 1.29 is 9.59 Å². The van der Waals surface area contributed by atoms with Gasteiger partial charge in [0.2, 0.25) is 0 Å². The van der Waals surface area contributed by atoms with Crippen molar-refractivity contribution in [2.75, 3.05) is 26.2 Å². The van der Waals surface area contributed by atoms with Crippen LogP contribution < -0.4 is 10.6 Å². The maximum atomic E-state index is 13.0. The van der Waals surface area contributed by atoms with Crippen molar-refractivity contribution in [1.29, 1.82) is 0 Å². The Morgan fingerprint density at radius 1 is 1.17 bits per heavy atom. The van der Waals surface area contributed by atoms with E-state index >= 15 is 0 Å². The predicted molar refractivity (Wildman–Crippen MR) is 116 cm³/mol. The van der Waals surface area contributed by atoms with E-state index in [1.165, 1.54) is 0 Å². The average Bonchev–Trinajstić information content (AvgIpc) is 3.21. The van der Waals surface area contributed by atoms with Crippen LogP contribution >= 0.6 is 12.4 Å². The van der Waals surface area contributed by atoms with E-state index in [4.69, 9.17) is 0 Å². The van der Waals surface area contributed by atoms with E-state index in [-0.39, 0.29) is 24.2 Å².